The van der Waals surface area contributed by atoms with Crippen molar-refractivity contribution in [1.29, 1.82) is 0 Å². The number of carbonyl (C=O) groups excluding carboxylic acids is 1. The van der Waals surface area contributed by atoms with Gasteiger partial charge in [-0.3, -0.25) is 4.79 Å². The van der Waals surface area contributed by atoms with Crippen molar-refractivity contribution in [2.24, 2.45) is 0 Å². The number of imidazole rings is 1. The average Bonchev–Trinajstić information content (AvgIpc) is 3.17. The molecular weight excluding hydrogens is 429 g/mol. The van der Waals surface area contributed by atoms with Crippen LogP contribution in [0.2, 0.25) is 0 Å². The monoisotopic (exact) mass is 457 g/mol. The van der Waals surface area contributed by atoms with E-state index >= 15 is 0 Å². The molecule has 0 spiro atoms. The van der Waals surface area contributed by atoms with Crippen LogP contribution in [0.3, 0.4) is 0 Å². The van der Waals surface area contributed by atoms with Gasteiger partial charge in [0.25, 0.3) is 5.91 Å². The van der Waals surface area contributed by atoms with Crippen molar-refractivity contribution in [1.82, 2.24) is 14.5 Å². The third-order valence-corrected chi connectivity index (χ3v) is 6.59. The van der Waals surface area contributed by atoms with E-state index in [2.05, 4.69) is 30.5 Å². The van der Waals surface area contributed by atoms with Crippen molar-refractivity contribution >= 4 is 16.9 Å². The zero-order chi connectivity index (χ0) is 23.7. The summed E-state index contributed by atoms with van der Waals surface area (Å²) in [5.41, 5.74) is 6.68. The quantitative estimate of drug-likeness (QED) is 0.428. The third-order valence-electron chi connectivity index (χ3n) is 6.59. The van der Waals surface area contributed by atoms with E-state index in [4.69, 9.17) is 9.72 Å². The van der Waals surface area contributed by atoms with Crippen molar-refractivity contribution in [2.75, 3.05) is 26.3 Å². The zero-order valence-corrected chi connectivity index (χ0v) is 19.6. The summed E-state index contributed by atoms with van der Waals surface area (Å²) < 4.78 is 21.9. The van der Waals surface area contributed by atoms with Crippen molar-refractivity contribution < 1.29 is 13.9 Å². The Morgan fingerprint density at radius 3 is 2.44 bits per heavy atom. The third kappa shape index (κ3) is 4.46. The lowest BCUT2D eigenvalue weighted by atomic mass is 10.1. The van der Waals surface area contributed by atoms with Gasteiger partial charge in [-0.1, -0.05) is 30.3 Å². The van der Waals surface area contributed by atoms with Gasteiger partial charge in [0, 0.05) is 31.6 Å². The first kappa shape index (κ1) is 22.3. The highest BCUT2D eigenvalue weighted by Gasteiger charge is 2.19. The molecule has 34 heavy (non-hydrogen) atoms. The molecule has 3 aromatic carbocycles. The number of nitrogens with zero attached hydrogens (tertiary/aromatic N) is 3. The number of hydrogen-bond donors (Lipinski definition) is 0. The lowest BCUT2D eigenvalue weighted by Crippen LogP contribution is -2.40. The highest BCUT2D eigenvalue weighted by molar-refractivity contribution is 5.94. The Morgan fingerprint density at radius 1 is 1.00 bits per heavy atom. The van der Waals surface area contributed by atoms with Gasteiger partial charge in [0.05, 0.1) is 24.2 Å². The number of benzene rings is 3. The van der Waals surface area contributed by atoms with Crippen LogP contribution in [-0.2, 0) is 17.7 Å². The van der Waals surface area contributed by atoms with Gasteiger partial charge >= 0.3 is 0 Å². The number of aromatic nitrogens is 2. The minimum Gasteiger partial charge on any atom is -0.378 e. The fraction of sp³-hybridized carbons (Fsp3) is 0.286. The van der Waals surface area contributed by atoms with Gasteiger partial charge in [-0.15, -0.1) is 0 Å². The van der Waals surface area contributed by atoms with Crippen molar-refractivity contribution in [3.8, 4) is 0 Å². The SMILES string of the molecule is Cc1cc2nc(Cc3ccccc3F)n(Cc3ccc(C(=O)N4CCOCC4)cc3)c2cc1C. The molecule has 2 heterocycles. The largest absolute Gasteiger partial charge is 0.378 e. The smallest absolute Gasteiger partial charge is 0.254 e. The van der Waals surface area contributed by atoms with E-state index in [1.54, 1.807) is 6.07 Å². The Morgan fingerprint density at radius 2 is 1.71 bits per heavy atom. The van der Waals surface area contributed by atoms with Gasteiger partial charge in [-0.2, -0.15) is 0 Å². The maximum atomic E-state index is 14.4. The standard InChI is InChI=1S/C28H28FN3O2/c1-19-15-25-26(16-20(19)2)32(27(30-25)17-23-5-3-4-6-24(23)29)18-21-7-9-22(10-8-21)28(33)31-11-13-34-14-12-31/h3-10,15-16H,11-14,17-18H2,1-2H3. The van der Waals surface area contributed by atoms with Crippen molar-refractivity contribution in [3.05, 3.63) is 100 Å². The summed E-state index contributed by atoms with van der Waals surface area (Å²) in [4.78, 5) is 19.5. The molecule has 174 valence electrons. The number of amides is 1. The Bertz CT molecular complexity index is 1340. The van der Waals surface area contributed by atoms with Crippen molar-refractivity contribution in [2.45, 2.75) is 26.8 Å². The number of carbonyl (C=O) groups is 1. The van der Waals surface area contributed by atoms with Crippen LogP contribution in [0.25, 0.3) is 11.0 Å². The number of rotatable bonds is 5. The topological polar surface area (TPSA) is 47.4 Å². The molecule has 1 aromatic heterocycles. The molecule has 5 nitrogen and oxygen atoms in total. The molecule has 1 fully saturated rings. The summed E-state index contributed by atoms with van der Waals surface area (Å²) in [6, 6.07) is 18.9. The minimum atomic E-state index is -0.223. The maximum absolute atomic E-state index is 14.4. The van der Waals surface area contributed by atoms with Crippen LogP contribution in [0.1, 0.15) is 38.4 Å². The number of ether oxygens (including phenoxy) is 1. The summed E-state index contributed by atoms with van der Waals surface area (Å²) in [6.45, 7) is 7.18. The lowest BCUT2D eigenvalue weighted by molar-refractivity contribution is 0.0303. The molecule has 0 unspecified atom stereocenters. The molecule has 1 saturated heterocycles. The summed E-state index contributed by atoms with van der Waals surface area (Å²) >= 11 is 0. The number of hydrogen-bond acceptors (Lipinski definition) is 3. The number of aryl methyl sites for hydroxylation is 2. The first-order valence-electron chi connectivity index (χ1n) is 11.7. The van der Waals surface area contributed by atoms with Gasteiger partial charge in [0.1, 0.15) is 11.6 Å². The van der Waals surface area contributed by atoms with E-state index in [1.165, 1.54) is 17.2 Å². The molecule has 0 aliphatic carbocycles. The van der Waals surface area contributed by atoms with Crippen LogP contribution in [0.5, 0.6) is 0 Å². The zero-order valence-electron chi connectivity index (χ0n) is 19.6. The van der Waals surface area contributed by atoms with Gasteiger partial charge in [0.15, 0.2) is 0 Å². The number of morpholine rings is 1. The normalized spacial score (nSPS) is 14.0. The molecule has 1 aliphatic heterocycles. The molecule has 0 bridgehead atoms. The highest BCUT2D eigenvalue weighted by Crippen LogP contribution is 2.24. The highest BCUT2D eigenvalue weighted by atomic mass is 19.1. The number of halogens is 1. The Kier molecular flexibility index (Phi) is 6.16. The fourth-order valence-electron chi connectivity index (χ4n) is 4.44. The molecule has 1 amide bonds. The van der Waals surface area contributed by atoms with E-state index < -0.39 is 0 Å². The average molecular weight is 458 g/mol. The van der Waals surface area contributed by atoms with E-state index in [1.807, 2.05) is 41.3 Å². The summed E-state index contributed by atoms with van der Waals surface area (Å²) in [6.07, 6.45) is 0.410. The van der Waals surface area contributed by atoms with Crippen LogP contribution in [0.15, 0.2) is 60.7 Å². The maximum Gasteiger partial charge on any atom is 0.254 e. The molecule has 0 atom stereocenters. The van der Waals surface area contributed by atoms with Crippen LogP contribution in [0.4, 0.5) is 4.39 Å². The molecule has 6 heteroatoms. The van der Waals surface area contributed by atoms with Crippen LogP contribution < -0.4 is 0 Å². The summed E-state index contributed by atoms with van der Waals surface area (Å²) in [7, 11) is 0. The van der Waals surface area contributed by atoms with E-state index in [-0.39, 0.29) is 11.7 Å². The van der Waals surface area contributed by atoms with Gasteiger partial charge < -0.3 is 14.2 Å². The molecule has 0 saturated carbocycles. The molecular formula is C28H28FN3O2. The van der Waals surface area contributed by atoms with Crippen molar-refractivity contribution in [3.63, 3.8) is 0 Å². The van der Waals surface area contributed by atoms with Gasteiger partial charge in [-0.25, -0.2) is 9.37 Å². The van der Waals surface area contributed by atoms with Gasteiger partial charge in [0.2, 0.25) is 0 Å². The van der Waals surface area contributed by atoms with Crippen LogP contribution in [-0.4, -0.2) is 46.7 Å². The Hall–Kier alpha value is -3.51. The first-order chi connectivity index (χ1) is 16.5. The Labute approximate surface area is 198 Å². The predicted octanol–water partition coefficient (Wildman–Crippen LogP) is 4.90. The second-order valence-corrected chi connectivity index (χ2v) is 8.91. The Balaban J connectivity index is 1.46. The molecule has 4 aromatic rings. The van der Waals surface area contributed by atoms with Gasteiger partial charge in [-0.05, 0) is 66.4 Å². The molecule has 5 rings (SSSR count). The second-order valence-electron chi connectivity index (χ2n) is 8.91. The molecule has 0 N–H and O–H groups in total. The first-order valence-corrected chi connectivity index (χ1v) is 11.7. The molecule has 0 radical (unpaired) electrons. The second kappa shape index (κ2) is 9.39. The van der Waals surface area contributed by atoms with E-state index in [0.29, 0.717) is 50.4 Å². The van der Waals surface area contributed by atoms with E-state index in [0.717, 1.165) is 22.4 Å². The molecule has 1 aliphatic rings. The fourth-order valence-corrected chi connectivity index (χ4v) is 4.44. The van der Waals surface area contributed by atoms with E-state index in [9.17, 15) is 9.18 Å². The number of fused-ring (bicyclic) bond motifs is 1. The predicted molar refractivity (Wildman–Crippen MR) is 131 cm³/mol. The van der Waals surface area contributed by atoms with Crippen LogP contribution in [0, 0.1) is 19.7 Å². The lowest BCUT2D eigenvalue weighted by Gasteiger charge is -2.26. The summed E-state index contributed by atoms with van der Waals surface area (Å²) in [5.74, 6) is 0.632. The summed E-state index contributed by atoms with van der Waals surface area (Å²) in [5, 5.41) is 0. The minimum absolute atomic E-state index is 0.0364. The van der Waals surface area contributed by atoms with Crippen LogP contribution >= 0.6 is 0 Å².